The second-order valence-electron chi connectivity index (χ2n) is 4.59. The Bertz CT molecular complexity index is 677. The summed E-state index contributed by atoms with van der Waals surface area (Å²) in [5.74, 6) is -0.637. The molecule has 1 aromatic heterocycles. The molecule has 1 saturated heterocycles. The fraction of sp³-hybridized carbons (Fsp3) is 0.231. The van der Waals surface area contributed by atoms with Crippen molar-refractivity contribution < 1.29 is 9.59 Å². The average Bonchev–Trinajstić information content (AvgIpc) is 3.09. The third-order valence-corrected chi connectivity index (χ3v) is 4.51. The van der Waals surface area contributed by atoms with E-state index in [1.54, 1.807) is 10.4 Å². The maximum Gasteiger partial charge on any atom is 0.231 e. The van der Waals surface area contributed by atoms with Gasteiger partial charge < -0.3 is 10.2 Å². The standard InChI is InChI=1S/C13H11BrN4O2S/c14-9-3-1-2-4-10(9)18-6-8(5-11(18)19)12(20)16-13-17-15-7-21-13/h1-4,7-8H,5-6H2,(H,16,17,20). The average molecular weight is 367 g/mol. The number of aromatic nitrogens is 2. The van der Waals surface area contributed by atoms with Crippen LogP contribution in [0.5, 0.6) is 0 Å². The Morgan fingerprint density at radius 3 is 2.95 bits per heavy atom. The molecule has 2 heterocycles. The molecule has 1 atom stereocenters. The largest absolute Gasteiger partial charge is 0.310 e. The van der Waals surface area contributed by atoms with E-state index in [1.807, 2.05) is 24.3 Å². The Hall–Kier alpha value is -1.80. The van der Waals surface area contributed by atoms with Crippen LogP contribution < -0.4 is 10.2 Å². The number of carbonyl (C=O) groups excluding carboxylic acids is 2. The maximum atomic E-state index is 12.2. The molecule has 1 aliphatic heterocycles. The third-order valence-electron chi connectivity index (χ3n) is 3.23. The van der Waals surface area contributed by atoms with Gasteiger partial charge in [-0.15, -0.1) is 10.2 Å². The van der Waals surface area contributed by atoms with Gasteiger partial charge in [-0.25, -0.2) is 0 Å². The smallest absolute Gasteiger partial charge is 0.231 e. The number of anilines is 2. The Kier molecular flexibility index (Phi) is 3.98. The molecule has 0 bridgehead atoms. The van der Waals surface area contributed by atoms with Gasteiger partial charge in [0.15, 0.2) is 0 Å². The molecule has 0 spiro atoms. The summed E-state index contributed by atoms with van der Waals surface area (Å²) >= 11 is 4.68. The number of amides is 2. The zero-order valence-electron chi connectivity index (χ0n) is 10.8. The zero-order valence-corrected chi connectivity index (χ0v) is 13.2. The molecule has 108 valence electrons. The number of carbonyl (C=O) groups is 2. The van der Waals surface area contributed by atoms with E-state index < -0.39 is 0 Å². The van der Waals surface area contributed by atoms with Crippen LogP contribution in [0.3, 0.4) is 0 Å². The SMILES string of the molecule is O=C(Nc1nncs1)C1CC(=O)N(c2ccccc2Br)C1. The fourth-order valence-corrected chi connectivity index (χ4v) is 3.17. The maximum absolute atomic E-state index is 12.2. The van der Waals surface area contributed by atoms with Gasteiger partial charge >= 0.3 is 0 Å². The van der Waals surface area contributed by atoms with Gasteiger partial charge in [0.05, 0.1) is 11.6 Å². The summed E-state index contributed by atoms with van der Waals surface area (Å²) in [5.41, 5.74) is 2.33. The molecule has 21 heavy (non-hydrogen) atoms. The van der Waals surface area contributed by atoms with E-state index in [0.29, 0.717) is 11.7 Å². The summed E-state index contributed by atoms with van der Waals surface area (Å²) in [6, 6.07) is 7.47. The molecule has 1 aliphatic rings. The monoisotopic (exact) mass is 366 g/mol. The van der Waals surface area contributed by atoms with Crippen LogP contribution in [0.25, 0.3) is 0 Å². The molecular weight excluding hydrogens is 356 g/mol. The van der Waals surface area contributed by atoms with Gasteiger partial charge in [0.2, 0.25) is 16.9 Å². The molecule has 6 nitrogen and oxygen atoms in total. The number of rotatable bonds is 3. The summed E-state index contributed by atoms with van der Waals surface area (Å²) in [6.45, 7) is 0.367. The number of hydrogen-bond acceptors (Lipinski definition) is 5. The molecule has 1 aromatic carbocycles. The first kappa shape index (κ1) is 14.2. The van der Waals surface area contributed by atoms with E-state index in [4.69, 9.17) is 0 Å². The second-order valence-corrected chi connectivity index (χ2v) is 6.28. The number of benzene rings is 1. The fourth-order valence-electron chi connectivity index (χ4n) is 2.22. The number of nitrogens with zero attached hydrogens (tertiary/aromatic N) is 3. The Morgan fingerprint density at radius 1 is 1.43 bits per heavy atom. The predicted molar refractivity (Wildman–Crippen MR) is 83.1 cm³/mol. The van der Waals surface area contributed by atoms with Crippen molar-refractivity contribution in [3.05, 3.63) is 34.2 Å². The molecule has 0 saturated carbocycles. The highest BCUT2D eigenvalue weighted by Gasteiger charge is 2.36. The minimum atomic E-state index is -0.381. The summed E-state index contributed by atoms with van der Waals surface area (Å²) in [6.07, 6.45) is 0.200. The summed E-state index contributed by atoms with van der Waals surface area (Å²) < 4.78 is 0.837. The molecule has 1 N–H and O–H groups in total. The van der Waals surface area contributed by atoms with Crippen LogP contribution in [-0.4, -0.2) is 28.6 Å². The highest BCUT2D eigenvalue weighted by atomic mass is 79.9. The topological polar surface area (TPSA) is 75.2 Å². The molecule has 1 unspecified atom stereocenters. The van der Waals surface area contributed by atoms with E-state index in [1.165, 1.54) is 11.3 Å². The van der Waals surface area contributed by atoms with Crippen molar-refractivity contribution in [2.45, 2.75) is 6.42 Å². The quantitative estimate of drug-likeness (QED) is 0.903. The molecular formula is C13H11BrN4O2S. The van der Waals surface area contributed by atoms with Gasteiger partial charge in [0, 0.05) is 17.4 Å². The van der Waals surface area contributed by atoms with Gasteiger partial charge in [-0.2, -0.15) is 0 Å². The molecule has 1 fully saturated rings. The van der Waals surface area contributed by atoms with Crippen molar-refractivity contribution in [2.24, 2.45) is 5.92 Å². The van der Waals surface area contributed by atoms with Gasteiger partial charge in [0.25, 0.3) is 0 Å². The summed E-state index contributed by atoms with van der Waals surface area (Å²) in [5, 5.41) is 10.6. The van der Waals surface area contributed by atoms with Crippen LogP contribution in [-0.2, 0) is 9.59 Å². The van der Waals surface area contributed by atoms with E-state index in [0.717, 1.165) is 10.2 Å². The summed E-state index contributed by atoms with van der Waals surface area (Å²) in [4.78, 5) is 25.9. The van der Waals surface area contributed by atoms with Gasteiger partial charge in [-0.05, 0) is 28.1 Å². The van der Waals surface area contributed by atoms with E-state index >= 15 is 0 Å². The van der Waals surface area contributed by atoms with Crippen molar-refractivity contribution in [3.63, 3.8) is 0 Å². The van der Waals surface area contributed by atoms with Crippen LogP contribution in [0.1, 0.15) is 6.42 Å². The predicted octanol–water partition coefficient (Wildman–Crippen LogP) is 2.29. The molecule has 2 amide bonds. The van der Waals surface area contributed by atoms with Crippen molar-refractivity contribution in [1.29, 1.82) is 0 Å². The van der Waals surface area contributed by atoms with Crippen molar-refractivity contribution in [1.82, 2.24) is 10.2 Å². The molecule has 8 heteroatoms. The number of hydrogen-bond donors (Lipinski definition) is 1. The Labute approximate surface area is 133 Å². The van der Waals surface area contributed by atoms with Crippen LogP contribution in [0.2, 0.25) is 0 Å². The normalized spacial score (nSPS) is 18.0. The lowest BCUT2D eigenvalue weighted by atomic mass is 10.1. The van der Waals surface area contributed by atoms with Crippen molar-refractivity contribution in [3.8, 4) is 0 Å². The van der Waals surface area contributed by atoms with Crippen LogP contribution >= 0.6 is 27.3 Å². The highest BCUT2D eigenvalue weighted by Crippen LogP contribution is 2.31. The highest BCUT2D eigenvalue weighted by molar-refractivity contribution is 9.10. The molecule has 0 aliphatic carbocycles. The lowest BCUT2D eigenvalue weighted by Crippen LogP contribution is -2.28. The minimum absolute atomic E-state index is 0.0562. The Morgan fingerprint density at radius 2 is 2.24 bits per heavy atom. The first-order valence-electron chi connectivity index (χ1n) is 6.27. The number of halogens is 1. The number of nitrogens with one attached hydrogen (secondary N) is 1. The lowest BCUT2D eigenvalue weighted by molar-refractivity contribution is -0.122. The van der Waals surface area contributed by atoms with Crippen molar-refractivity contribution in [2.75, 3.05) is 16.8 Å². The minimum Gasteiger partial charge on any atom is -0.310 e. The van der Waals surface area contributed by atoms with Crippen LogP contribution in [0, 0.1) is 5.92 Å². The zero-order chi connectivity index (χ0) is 14.8. The third kappa shape index (κ3) is 2.96. The van der Waals surface area contributed by atoms with Gasteiger partial charge in [-0.3, -0.25) is 9.59 Å². The van der Waals surface area contributed by atoms with E-state index in [-0.39, 0.29) is 24.2 Å². The van der Waals surface area contributed by atoms with Crippen molar-refractivity contribution >= 4 is 49.9 Å². The lowest BCUT2D eigenvalue weighted by Gasteiger charge is -2.18. The summed E-state index contributed by atoms with van der Waals surface area (Å²) in [7, 11) is 0. The first-order valence-corrected chi connectivity index (χ1v) is 7.94. The second kappa shape index (κ2) is 5.90. The van der Waals surface area contributed by atoms with E-state index in [9.17, 15) is 9.59 Å². The molecule has 2 aromatic rings. The van der Waals surface area contributed by atoms with E-state index in [2.05, 4.69) is 31.4 Å². The number of para-hydroxylation sites is 1. The molecule has 0 radical (unpaired) electrons. The van der Waals surface area contributed by atoms with Crippen LogP contribution in [0.4, 0.5) is 10.8 Å². The Balaban J connectivity index is 1.73. The van der Waals surface area contributed by atoms with Gasteiger partial charge in [-0.1, -0.05) is 23.5 Å². The van der Waals surface area contributed by atoms with Crippen LogP contribution in [0.15, 0.2) is 34.2 Å². The van der Waals surface area contributed by atoms with Gasteiger partial charge in [0.1, 0.15) is 5.51 Å². The first-order chi connectivity index (χ1) is 10.1. The molecule has 3 rings (SSSR count).